The standard InChI is InChI=1S/C36H53N7O6/c1-23(2)19-30(35(47)42-28(15-9-10-18-37)33(45)40-26-21-31(36(48)49)39-22-26)43-34(46)29(17-16-24-11-5-3-6-12-24)41-32(44)27(38)20-25-13-7-4-8-14-25/h3-8,11-14,23,26-31,39H,9-10,15-22,37-38H2,1-2H3,(H,40,45)(H,41,44)(H,42,47)(H,43,46)(H,48,49)/t26-,27+,28+,29+,30+,31-/m0/s1. The van der Waals surface area contributed by atoms with Crippen molar-refractivity contribution in [3.63, 3.8) is 0 Å². The molecule has 0 aliphatic carbocycles. The van der Waals surface area contributed by atoms with Gasteiger partial charge < -0.3 is 43.2 Å². The Morgan fingerprint density at radius 3 is 1.96 bits per heavy atom. The van der Waals surface area contributed by atoms with Crippen molar-refractivity contribution < 1.29 is 29.1 Å². The molecule has 13 heteroatoms. The Morgan fingerprint density at radius 1 is 0.796 bits per heavy atom. The number of hydrogen-bond donors (Lipinski definition) is 8. The molecule has 0 radical (unpaired) electrons. The van der Waals surface area contributed by atoms with Crippen LogP contribution in [0.15, 0.2) is 60.7 Å². The van der Waals surface area contributed by atoms with Gasteiger partial charge in [-0.1, -0.05) is 74.5 Å². The van der Waals surface area contributed by atoms with Gasteiger partial charge in [-0.05, 0) is 75.0 Å². The Labute approximate surface area is 288 Å². The molecular weight excluding hydrogens is 626 g/mol. The second kappa shape index (κ2) is 20.2. The molecule has 13 nitrogen and oxygen atoms in total. The average molecular weight is 680 g/mol. The number of carboxylic acid groups (broad SMARTS) is 1. The minimum atomic E-state index is -0.992. The van der Waals surface area contributed by atoms with E-state index in [4.69, 9.17) is 11.5 Å². The van der Waals surface area contributed by atoms with Crippen LogP contribution in [0.5, 0.6) is 0 Å². The predicted molar refractivity (Wildman–Crippen MR) is 187 cm³/mol. The lowest BCUT2D eigenvalue weighted by Gasteiger charge is -2.27. The van der Waals surface area contributed by atoms with Gasteiger partial charge in [-0.15, -0.1) is 0 Å². The van der Waals surface area contributed by atoms with Gasteiger partial charge in [0.2, 0.25) is 23.6 Å². The van der Waals surface area contributed by atoms with E-state index in [0.717, 1.165) is 11.1 Å². The molecule has 1 aliphatic rings. The zero-order valence-corrected chi connectivity index (χ0v) is 28.5. The number of benzene rings is 2. The quantitative estimate of drug-likeness (QED) is 0.0925. The van der Waals surface area contributed by atoms with E-state index in [9.17, 15) is 29.1 Å². The maximum atomic E-state index is 13.8. The maximum Gasteiger partial charge on any atom is 0.320 e. The highest BCUT2D eigenvalue weighted by molar-refractivity contribution is 5.95. The van der Waals surface area contributed by atoms with Crippen LogP contribution in [0.2, 0.25) is 0 Å². The Hall–Kier alpha value is -4.33. The summed E-state index contributed by atoms with van der Waals surface area (Å²) in [6.07, 6.45) is 3.11. The van der Waals surface area contributed by atoms with Gasteiger partial charge in [-0.3, -0.25) is 24.0 Å². The largest absolute Gasteiger partial charge is 0.480 e. The zero-order chi connectivity index (χ0) is 35.8. The second-order valence-electron chi connectivity index (χ2n) is 13.2. The molecule has 1 heterocycles. The number of nitrogens with one attached hydrogen (secondary N) is 5. The fraction of sp³-hybridized carbons (Fsp3) is 0.528. The third-order valence-corrected chi connectivity index (χ3v) is 8.53. The van der Waals surface area contributed by atoms with Crippen molar-refractivity contribution >= 4 is 29.6 Å². The molecule has 0 unspecified atom stereocenters. The summed E-state index contributed by atoms with van der Waals surface area (Å²) in [4.78, 5) is 65.5. The van der Waals surface area contributed by atoms with Crippen LogP contribution >= 0.6 is 0 Å². The first-order chi connectivity index (χ1) is 23.5. The highest BCUT2D eigenvalue weighted by atomic mass is 16.4. The number of carbonyl (C=O) groups is 5. The van der Waals surface area contributed by atoms with Crippen LogP contribution in [0.3, 0.4) is 0 Å². The highest BCUT2D eigenvalue weighted by Crippen LogP contribution is 2.12. The number of unbranched alkanes of at least 4 members (excludes halogenated alkanes) is 1. The van der Waals surface area contributed by atoms with Crippen LogP contribution in [0.4, 0.5) is 0 Å². The molecule has 3 rings (SSSR count). The van der Waals surface area contributed by atoms with E-state index < -0.39 is 65.8 Å². The summed E-state index contributed by atoms with van der Waals surface area (Å²) in [6, 6.07) is 14.0. The first-order valence-corrected chi connectivity index (χ1v) is 17.2. The van der Waals surface area contributed by atoms with Crippen molar-refractivity contribution in [2.75, 3.05) is 13.1 Å². The van der Waals surface area contributed by atoms with Crippen molar-refractivity contribution in [3.05, 3.63) is 71.8 Å². The number of aliphatic carboxylic acids is 1. The minimum absolute atomic E-state index is 0.00902. The number of amides is 4. The van der Waals surface area contributed by atoms with E-state index in [2.05, 4.69) is 26.6 Å². The van der Waals surface area contributed by atoms with Crippen molar-refractivity contribution in [2.45, 2.75) is 101 Å². The summed E-state index contributed by atoms with van der Waals surface area (Å²) in [5, 5.41) is 23.5. The molecule has 268 valence electrons. The fourth-order valence-corrected chi connectivity index (χ4v) is 5.81. The molecular formula is C36H53N7O6. The topological polar surface area (TPSA) is 218 Å². The van der Waals surface area contributed by atoms with Crippen LogP contribution in [0.1, 0.15) is 63.5 Å². The third kappa shape index (κ3) is 13.6. The molecule has 0 bridgehead atoms. The minimum Gasteiger partial charge on any atom is -0.480 e. The first-order valence-electron chi connectivity index (χ1n) is 17.2. The van der Waals surface area contributed by atoms with Crippen LogP contribution in [0.25, 0.3) is 0 Å². The molecule has 2 aromatic rings. The van der Waals surface area contributed by atoms with Crippen LogP contribution in [-0.4, -0.2) is 84.0 Å². The Morgan fingerprint density at radius 2 is 1.37 bits per heavy atom. The number of nitrogens with two attached hydrogens (primary N) is 2. The van der Waals surface area contributed by atoms with Crippen LogP contribution < -0.4 is 38.1 Å². The van der Waals surface area contributed by atoms with Gasteiger partial charge in [0, 0.05) is 12.6 Å². The van der Waals surface area contributed by atoms with Gasteiger partial charge in [0.25, 0.3) is 0 Å². The van der Waals surface area contributed by atoms with Gasteiger partial charge in [-0.2, -0.15) is 0 Å². The van der Waals surface area contributed by atoms with E-state index in [-0.39, 0.29) is 25.2 Å². The molecule has 6 atom stereocenters. The fourth-order valence-electron chi connectivity index (χ4n) is 5.81. The highest BCUT2D eigenvalue weighted by Gasteiger charge is 2.34. The molecule has 1 saturated heterocycles. The molecule has 49 heavy (non-hydrogen) atoms. The average Bonchev–Trinajstić information content (AvgIpc) is 3.55. The maximum absolute atomic E-state index is 13.8. The van der Waals surface area contributed by atoms with E-state index in [1.165, 1.54) is 0 Å². The van der Waals surface area contributed by atoms with Crippen molar-refractivity contribution in [3.8, 4) is 0 Å². The van der Waals surface area contributed by atoms with Gasteiger partial charge in [-0.25, -0.2) is 0 Å². The van der Waals surface area contributed by atoms with E-state index in [1.807, 2.05) is 74.5 Å². The summed E-state index contributed by atoms with van der Waals surface area (Å²) in [5.74, 6) is -2.96. The second-order valence-corrected chi connectivity index (χ2v) is 13.2. The normalized spacial score (nSPS) is 18.1. The number of carboxylic acids is 1. The van der Waals surface area contributed by atoms with Gasteiger partial charge in [0.1, 0.15) is 24.2 Å². The van der Waals surface area contributed by atoms with Crippen molar-refractivity contribution in [1.29, 1.82) is 0 Å². The van der Waals surface area contributed by atoms with E-state index >= 15 is 0 Å². The molecule has 4 amide bonds. The smallest absolute Gasteiger partial charge is 0.320 e. The van der Waals surface area contributed by atoms with Crippen molar-refractivity contribution in [1.82, 2.24) is 26.6 Å². The van der Waals surface area contributed by atoms with Crippen LogP contribution in [-0.2, 0) is 36.8 Å². The SMILES string of the molecule is CC(C)C[C@@H](NC(=O)[C@@H](CCc1ccccc1)NC(=O)[C@H](N)Cc1ccccc1)C(=O)N[C@H](CCCCN)C(=O)N[C@@H]1CN[C@H](C(=O)O)C1. The number of carbonyl (C=O) groups excluding carboxylic acids is 4. The monoisotopic (exact) mass is 679 g/mol. The number of hydrogen-bond acceptors (Lipinski definition) is 8. The molecule has 1 fully saturated rings. The molecule has 0 spiro atoms. The van der Waals surface area contributed by atoms with Crippen molar-refractivity contribution in [2.24, 2.45) is 17.4 Å². The summed E-state index contributed by atoms with van der Waals surface area (Å²) >= 11 is 0. The van der Waals surface area contributed by atoms with Gasteiger partial charge in [0.05, 0.1) is 6.04 Å². The summed E-state index contributed by atoms with van der Waals surface area (Å²) in [6.45, 7) is 4.55. The molecule has 0 aromatic heterocycles. The molecule has 10 N–H and O–H groups in total. The Kier molecular flexibility index (Phi) is 16.2. The Balaban J connectivity index is 1.73. The van der Waals surface area contributed by atoms with E-state index in [1.54, 1.807) is 0 Å². The summed E-state index contributed by atoms with van der Waals surface area (Å²) < 4.78 is 0. The first kappa shape index (κ1) is 39.1. The number of aryl methyl sites for hydroxylation is 1. The molecule has 2 aromatic carbocycles. The van der Waals surface area contributed by atoms with E-state index in [0.29, 0.717) is 45.2 Å². The lowest BCUT2D eigenvalue weighted by Crippen LogP contribution is -2.58. The lowest BCUT2D eigenvalue weighted by molar-refractivity contribution is -0.139. The van der Waals surface area contributed by atoms with Gasteiger partial charge >= 0.3 is 5.97 Å². The van der Waals surface area contributed by atoms with Gasteiger partial charge in [0.15, 0.2) is 0 Å². The molecule has 0 saturated carbocycles. The summed E-state index contributed by atoms with van der Waals surface area (Å²) in [7, 11) is 0. The summed E-state index contributed by atoms with van der Waals surface area (Å²) in [5.41, 5.74) is 13.8. The zero-order valence-electron chi connectivity index (χ0n) is 28.5. The lowest BCUT2D eigenvalue weighted by atomic mass is 9.99. The Bertz CT molecular complexity index is 1360. The molecule has 1 aliphatic heterocycles. The third-order valence-electron chi connectivity index (χ3n) is 8.53. The number of rotatable bonds is 20. The van der Waals surface area contributed by atoms with Crippen LogP contribution in [0, 0.1) is 5.92 Å². The predicted octanol–water partition coefficient (Wildman–Crippen LogP) is 0.750.